The van der Waals surface area contributed by atoms with Crippen molar-refractivity contribution in [3.63, 3.8) is 0 Å². The lowest BCUT2D eigenvalue weighted by atomic mass is 9.92. The SMILES string of the molecule is CC1CCC(C(=O)NC2CC2)CN1c1ncnc2cnc3[nH]ccc3c12. The molecule has 2 fully saturated rings. The number of fused-ring (bicyclic) bond motifs is 3. The van der Waals surface area contributed by atoms with Crippen LogP contribution in [0.5, 0.6) is 0 Å². The smallest absolute Gasteiger partial charge is 0.225 e. The first-order chi connectivity index (χ1) is 12.7. The lowest BCUT2D eigenvalue weighted by Crippen LogP contribution is -2.47. The van der Waals surface area contributed by atoms with Crippen LogP contribution >= 0.6 is 0 Å². The number of carbonyl (C=O) groups is 1. The van der Waals surface area contributed by atoms with Gasteiger partial charge in [-0.05, 0) is 38.7 Å². The van der Waals surface area contributed by atoms with Gasteiger partial charge in [0.1, 0.15) is 17.8 Å². The molecule has 134 valence electrons. The normalized spacial score (nSPS) is 23.5. The summed E-state index contributed by atoms with van der Waals surface area (Å²) in [5.74, 6) is 1.11. The standard InChI is InChI=1S/C19H22N6O/c1-11-2-3-12(19(26)24-13-4-5-13)9-25(11)18-16-14-6-7-20-17(14)21-8-15(16)22-10-23-18/h6-8,10-13H,2-5,9H2,1H3,(H,20,21)(H,24,26). The van der Waals surface area contributed by atoms with Crippen LogP contribution in [0.2, 0.25) is 0 Å². The van der Waals surface area contributed by atoms with Crippen LogP contribution in [-0.2, 0) is 4.79 Å². The molecule has 7 heteroatoms. The van der Waals surface area contributed by atoms with Crippen molar-refractivity contribution in [3.8, 4) is 0 Å². The van der Waals surface area contributed by atoms with E-state index in [-0.39, 0.29) is 11.8 Å². The van der Waals surface area contributed by atoms with E-state index in [1.807, 2.05) is 12.3 Å². The number of rotatable bonds is 3. The summed E-state index contributed by atoms with van der Waals surface area (Å²) in [6, 6.07) is 2.75. The van der Waals surface area contributed by atoms with Crippen LogP contribution in [0.4, 0.5) is 5.82 Å². The maximum absolute atomic E-state index is 12.6. The fourth-order valence-electron chi connectivity index (χ4n) is 3.92. The van der Waals surface area contributed by atoms with E-state index in [9.17, 15) is 4.79 Å². The molecule has 0 radical (unpaired) electrons. The number of hydrogen-bond acceptors (Lipinski definition) is 5. The molecule has 1 amide bonds. The van der Waals surface area contributed by atoms with Gasteiger partial charge in [-0.1, -0.05) is 0 Å². The Morgan fingerprint density at radius 1 is 1.23 bits per heavy atom. The summed E-state index contributed by atoms with van der Waals surface area (Å²) in [5, 5.41) is 5.19. The monoisotopic (exact) mass is 350 g/mol. The fourth-order valence-corrected chi connectivity index (χ4v) is 3.92. The van der Waals surface area contributed by atoms with Crippen molar-refractivity contribution in [2.45, 2.75) is 44.7 Å². The Morgan fingerprint density at radius 3 is 2.96 bits per heavy atom. The van der Waals surface area contributed by atoms with Gasteiger partial charge < -0.3 is 15.2 Å². The first-order valence-corrected chi connectivity index (χ1v) is 9.34. The van der Waals surface area contributed by atoms with Gasteiger partial charge in [0.05, 0.1) is 23.0 Å². The molecule has 4 heterocycles. The molecule has 2 atom stereocenters. The molecule has 1 aliphatic heterocycles. The average Bonchev–Trinajstić information content (AvgIpc) is 3.33. The molecule has 7 nitrogen and oxygen atoms in total. The van der Waals surface area contributed by atoms with Gasteiger partial charge in [0.25, 0.3) is 0 Å². The molecule has 3 aromatic rings. The van der Waals surface area contributed by atoms with Gasteiger partial charge in [0, 0.05) is 30.2 Å². The zero-order valence-electron chi connectivity index (χ0n) is 14.8. The predicted molar refractivity (Wildman–Crippen MR) is 99.9 cm³/mol. The van der Waals surface area contributed by atoms with E-state index in [2.05, 4.69) is 37.1 Å². The molecule has 0 spiro atoms. The number of aromatic nitrogens is 4. The number of hydrogen-bond donors (Lipinski definition) is 2. The Hall–Kier alpha value is -2.70. The van der Waals surface area contributed by atoms with Crippen molar-refractivity contribution < 1.29 is 4.79 Å². The molecule has 3 aromatic heterocycles. The van der Waals surface area contributed by atoms with Crippen LogP contribution < -0.4 is 10.2 Å². The van der Waals surface area contributed by atoms with Crippen LogP contribution in [0.15, 0.2) is 24.8 Å². The van der Waals surface area contributed by atoms with E-state index in [1.54, 1.807) is 12.5 Å². The summed E-state index contributed by atoms with van der Waals surface area (Å²) in [5.41, 5.74) is 1.67. The largest absolute Gasteiger partial charge is 0.353 e. The highest BCUT2D eigenvalue weighted by Crippen LogP contribution is 2.34. The number of nitrogens with zero attached hydrogens (tertiary/aromatic N) is 4. The van der Waals surface area contributed by atoms with Gasteiger partial charge in [-0.15, -0.1) is 0 Å². The first kappa shape index (κ1) is 15.5. The third-order valence-electron chi connectivity index (χ3n) is 5.62. The van der Waals surface area contributed by atoms with Crippen LogP contribution in [0.25, 0.3) is 21.9 Å². The van der Waals surface area contributed by atoms with Gasteiger partial charge in [-0.2, -0.15) is 0 Å². The second-order valence-electron chi connectivity index (χ2n) is 7.51. The first-order valence-electron chi connectivity index (χ1n) is 9.34. The van der Waals surface area contributed by atoms with Gasteiger partial charge in [0.2, 0.25) is 5.91 Å². The fraction of sp³-hybridized carbons (Fsp3) is 0.474. The molecule has 2 N–H and O–H groups in total. The van der Waals surface area contributed by atoms with Crippen LogP contribution in [0.1, 0.15) is 32.6 Å². The highest BCUT2D eigenvalue weighted by Gasteiger charge is 2.34. The maximum atomic E-state index is 12.6. The lowest BCUT2D eigenvalue weighted by Gasteiger charge is -2.38. The Bertz CT molecular complexity index is 978. The molecule has 26 heavy (non-hydrogen) atoms. The topological polar surface area (TPSA) is 86.8 Å². The minimum Gasteiger partial charge on any atom is -0.353 e. The van der Waals surface area contributed by atoms with Gasteiger partial charge in [-0.3, -0.25) is 4.79 Å². The minimum atomic E-state index is 0.0142. The maximum Gasteiger partial charge on any atom is 0.225 e. The van der Waals surface area contributed by atoms with E-state index >= 15 is 0 Å². The Labute approximate surface area is 151 Å². The number of piperidine rings is 1. The van der Waals surface area contributed by atoms with E-state index in [4.69, 9.17) is 0 Å². The molecule has 0 bridgehead atoms. The van der Waals surface area contributed by atoms with E-state index in [0.29, 0.717) is 18.6 Å². The van der Waals surface area contributed by atoms with Crippen molar-refractivity contribution >= 4 is 33.7 Å². The number of aromatic amines is 1. The predicted octanol–water partition coefficient (Wildman–Crippen LogP) is 2.39. The summed E-state index contributed by atoms with van der Waals surface area (Å²) in [6.07, 6.45) is 9.42. The van der Waals surface area contributed by atoms with Crippen LogP contribution in [0.3, 0.4) is 0 Å². The molecular formula is C19H22N6O. The number of anilines is 1. The number of pyridine rings is 1. The number of nitrogens with one attached hydrogen (secondary N) is 2. The molecular weight excluding hydrogens is 328 g/mol. The van der Waals surface area contributed by atoms with Crippen LogP contribution in [-0.4, -0.2) is 44.5 Å². The molecule has 2 unspecified atom stereocenters. The molecule has 1 saturated heterocycles. The Kier molecular flexibility index (Phi) is 3.55. The van der Waals surface area contributed by atoms with Crippen molar-refractivity contribution in [2.75, 3.05) is 11.4 Å². The second kappa shape index (κ2) is 5.93. The average molecular weight is 350 g/mol. The summed E-state index contributed by atoms with van der Waals surface area (Å²) in [6.45, 7) is 2.90. The molecule has 5 rings (SSSR count). The molecule has 1 aliphatic carbocycles. The number of H-pyrrole nitrogens is 1. The van der Waals surface area contributed by atoms with E-state index < -0.39 is 0 Å². The number of carbonyl (C=O) groups excluding carboxylic acids is 1. The highest BCUT2D eigenvalue weighted by molar-refractivity contribution is 6.09. The van der Waals surface area contributed by atoms with Gasteiger partial charge in [-0.25, -0.2) is 15.0 Å². The molecule has 2 aliphatic rings. The minimum absolute atomic E-state index is 0.0142. The quantitative estimate of drug-likeness (QED) is 0.757. The Balaban J connectivity index is 1.54. The Morgan fingerprint density at radius 2 is 2.12 bits per heavy atom. The zero-order valence-corrected chi connectivity index (χ0v) is 14.8. The summed E-state index contributed by atoms with van der Waals surface area (Å²) >= 11 is 0. The molecule has 1 saturated carbocycles. The van der Waals surface area contributed by atoms with Crippen molar-refractivity contribution in [1.82, 2.24) is 25.3 Å². The summed E-state index contributed by atoms with van der Waals surface area (Å²) in [4.78, 5) is 31.5. The second-order valence-corrected chi connectivity index (χ2v) is 7.51. The number of amides is 1. The third-order valence-corrected chi connectivity index (χ3v) is 5.62. The van der Waals surface area contributed by atoms with Crippen LogP contribution in [0, 0.1) is 5.92 Å². The van der Waals surface area contributed by atoms with E-state index in [1.165, 1.54) is 0 Å². The zero-order chi connectivity index (χ0) is 17.7. The highest BCUT2D eigenvalue weighted by atomic mass is 16.2. The summed E-state index contributed by atoms with van der Waals surface area (Å²) in [7, 11) is 0. The van der Waals surface area contributed by atoms with Gasteiger partial charge in [0.15, 0.2) is 0 Å². The van der Waals surface area contributed by atoms with Crippen molar-refractivity contribution in [3.05, 3.63) is 24.8 Å². The summed E-state index contributed by atoms with van der Waals surface area (Å²) < 4.78 is 0. The third kappa shape index (κ3) is 2.58. The van der Waals surface area contributed by atoms with Crippen molar-refractivity contribution in [1.29, 1.82) is 0 Å². The lowest BCUT2D eigenvalue weighted by molar-refractivity contribution is -0.125. The van der Waals surface area contributed by atoms with Crippen molar-refractivity contribution in [2.24, 2.45) is 5.92 Å². The van der Waals surface area contributed by atoms with Gasteiger partial charge >= 0.3 is 0 Å². The van der Waals surface area contributed by atoms with E-state index in [0.717, 1.165) is 53.4 Å². The molecule has 0 aromatic carbocycles.